The van der Waals surface area contributed by atoms with E-state index in [9.17, 15) is 18.0 Å². The summed E-state index contributed by atoms with van der Waals surface area (Å²) in [4.78, 5) is 23.8. The fraction of sp³-hybridized carbons (Fsp3) is 0.300. The van der Waals surface area contributed by atoms with Gasteiger partial charge in [0.15, 0.2) is 0 Å². The van der Waals surface area contributed by atoms with Gasteiger partial charge in [-0.05, 0) is 67.8 Å². The molecule has 3 N–H and O–H groups in total. The van der Waals surface area contributed by atoms with E-state index in [1.807, 2.05) is 20.8 Å². The van der Waals surface area contributed by atoms with Gasteiger partial charge in [0.05, 0.1) is 11.4 Å². The molecule has 2 aromatic rings. The standard InChI is InChI=1S/C20H25N3O4S/c1-4-11-21-19(24)13-22-20(25)16-6-8-17(9-7-16)23-28(26,27)18-10-5-14(2)15(3)12-18/h5-10,12,23H,4,11,13H2,1-3H3,(H,21,24)(H,22,25). The molecule has 0 unspecified atom stereocenters. The highest BCUT2D eigenvalue weighted by molar-refractivity contribution is 7.92. The molecule has 2 rings (SSSR count). The van der Waals surface area contributed by atoms with Gasteiger partial charge < -0.3 is 10.6 Å². The molecule has 0 radical (unpaired) electrons. The third kappa shape index (κ3) is 5.82. The monoisotopic (exact) mass is 403 g/mol. The lowest BCUT2D eigenvalue weighted by Gasteiger charge is -2.10. The van der Waals surface area contributed by atoms with Crippen LogP contribution < -0.4 is 15.4 Å². The van der Waals surface area contributed by atoms with Gasteiger partial charge in [0.25, 0.3) is 15.9 Å². The van der Waals surface area contributed by atoms with Gasteiger partial charge in [-0.2, -0.15) is 0 Å². The van der Waals surface area contributed by atoms with E-state index >= 15 is 0 Å². The molecule has 0 saturated heterocycles. The molecular weight excluding hydrogens is 378 g/mol. The topological polar surface area (TPSA) is 104 Å². The summed E-state index contributed by atoms with van der Waals surface area (Å²) in [5, 5.41) is 5.19. The van der Waals surface area contributed by atoms with E-state index in [4.69, 9.17) is 0 Å². The number of carbonyl (C=O) groups excluding carboxylic acids is 2. The Morgan fingerprint density at radius 1 is 0.929 bits per heavy atom. The van der Waals surface area contributed by atoms with Gasteiger partial charge in [-0.3, -0.25) is 14.3 Å². The lowest BCUT2D eigenvalue weighted by molar-refractivity contribution is -0.120. The number of amides is 2. The van der Waals surface area contributed by atoms with Crippen molar-refractivity contribution in [2.45, 2.75) is 32.1 Å². The molecule has 2 aromatic carbocycles. The molecular formula is C20H25N3O4S. The summed E-state index contributed by atoms with van der Waals surface area (Å²) < 4.78 is 27.5. The SMILES string of the molecule is CCCNC(=O)CNC(=O)c1ccc(NS(=O)(=O)c2ccc(C)c(C)c2)cc1. The van der Waals surface area contributed by atoms with E-state index in [0.29, 0.717) is 17.8 Å². The molecule has 7 nitrogen and oxygen atoms in total. The molecule has 0 aliphatic heterocycles. The van der Waals surface area contributed by atoms with Gasteiger partial charge >= 0.3 is 0 Å². The normalized spacial score (nSPS) is 11.0. The van der Waals surface area contributed by atoms with Gasteiger partial charge in [0.1, 0.15) is 0 Å². The van der Waals surface area contributed by atoms with E-state index in [0.717, 1.165) is 17.5 Å². The predicted molar refractivity (Wildman–Crippen MR) is 109 cm³/mol. The molecule has 0 saturated carbocycles. The number of rotatable bonds is 8. The van der Waals surface area contributed by atoms with Crippen LogP contribution in [0.4, 0.5) is 5.69 Å². The van der Waals surface area contributed by atoms with Crippen LogP contribution in [0.25, 0.3) is 0 Å². The molecule has 0 fully saturated rings. The Morgan fingerprint density at radius 3 is 2.21 bits per heavy atom. The Morgan fingerprint density at radius 2 is 1.61 bits per heavy atom. The quantitative estimate of drug-likeness (QED) is 0.629. The zero-order chi connectivity index (χ0) is 20.7. The molecule has 0 atom stereocenters. The minimum absolute atomic E-state index is 0.111. The number of anilines is 1. The highest BCUT2D eigenvalue weighted by atomic mass is 32.2. The zero-order valence-corrected chi connectivity index (χ0v) is 17.0. The van der Waals surface area contributed by atoms with Crippen LogP contribution in [0.5, 0.6) is 0 Å². The minimum atomic E-state index is -3.72. The van der Waals surface area contributed by atoms with Crippen LogP contribution in [0.15, 0.2) is 47.4 Å². The smallest absolute Gasteiger partial charge is 0.261 e. The third-order valence-corrected chi connectivity index (χ3v) is 5.55. The Hall–Kier alpha value is -2.87. The zero-order valence-electron chi connectivity index (χ0n) is 16.2. The largest absolute Gasteiger partial charge is 0.355 e. The maximum absolute atomic E-state index is 12.5. The van der Waals surface area contributed by atoms with Crippen molar-refractivity contribution in [3.05, 3.63) is 59.2 Å². The number of sulfonamides is 1. The van der Waals surface area contributed by atoms with Gasteiger partial charge in [0.2, 0.25) is 5.91 Å². The van der Waals surface area contributed by atoms with E-state index < -0.39 is 15.9 Å². The molecule has 0 aromatic heterocycles. The fourth-order valence-corrected chi connectivity index (χ4v) is 3.52. The van der Waals surface area contributed by atoms with Crippen LogP contribution in [0.1, 0.15) is 34.8 Å². The van der Waals surface area contributed by atoms with Crippen molar-refractivity contribution in [1.82, 2.24) is 10.6 Å². The molecule has 0 aliphatic carbocycles. The first-order valence-electron chi connectivity index (χ1n) is 8.98. The summed E-state index contributed by atoms with van der Waals surface area (Å²) in [6.07, 6.45) is 0.819. The lowest BCUT2D eigenvalue weighted by atomic mass is 10.1. The summed E-state index contributed by atoms with van der Waals surface area (Å²) in [7, 11) is -3.72. The number of carbonyl (C=O) groups is 2. The van der Waals surface area contributed by atoms with Crippen LogP contribution in [0.3, 0.4) is 0 Å². The second kappa shape index (κ2) is 9.36. The number of hydrogen-bond acceptors (Lipinski definition) is 4. The molecule has 2 amide bonds. The van der Waals surface area contributed by atoms with Crippen molar-refractivity contribution in [2.24, 2.45) is 0 Å². The van der Waals surface area contributed by atoms with Crippen LogP contribution in [0, 0.1) is 13.8 Å². The first-order valence-corrected chi connectivity index (χ1v) is 10.5. The van der Waals surface area contributed by atoms with E-state index in [1.54, 1.807) is 18.2 Å². The van der Waals surface area contributed by atoms with Crippen LogP contribution in [-0.2, 0) is 14.8 Å². The average molecular weight is 404 g/mol. The molecule has 150 valence electrons. The van der Waals surface area contributed by atoms with Crippen LogP contribution >= 0.6 is 0 Å². The van der Waals surface area contributed by atoms with E-state index in [2.05, 4.69) is 15.4 Å². The van der Waals surface area contributed by atoms with Gasteiger partial charge in [-0.15, -0.1) is 0 Å². The third-order valence-electron chi connectivity index (χ3n) is 4.17. The van der Waals surface area contributed by atoms with E-state index in [-0.39, 0.29) is 17.3 Å². The Balaban J connectivity index is 2.00. The maximum atomic E-state index is 12.5. The summed E-state index contributed by atoms with van der Waals surface area (Å²) >= 11 is 0. The molecule has 8 heteroatoms. The van der Waals surface area contributed by atoms with Crippen molar-refractivity contribution in [2.75, 3.05) is 17.8 Å². The first-order chi connectivity index (χ1) is 13.2. The summed E-state index contributed by atoms with van der Waals surface area (Å²) in [5.41, 5.74) is 2.57. The Bertz CT molecular complexity index is 954. The Labute approximate surface area is 165 Å². The number of aryl methyl sites for hydroxylation is 2. The summed E-state index contributed by atoms with van der Waals surface area (Å²) in [6.45, 7) is 6.15. The van der Waals surface area contributed by atoms with Crippen LogP contribution in [0.2, 0.25) is 0 Å². The van der Waals surface area contributed by atoms with Crippen molar-refractivity contribution < 1.29 is 18.0 Å². The number of nitrogens with one attached hydrogen (secondary N) is 3. The minimum Gasteiger partial charge on any atom is -0.355 e. The summed E-state index contributed by atoms with van der Waals surface area (Å²) in [5.74, 6) is -0.664. The second-order valence-corrected chi connectivity index (χ2v) is 8.14. The molecule has 0 bridgehead atoms. The van der Waals surface area contributed by atoms with Crippen molar-refractivity contribution in [3.8, 4) is 0 Å². The fourth-order valence-electron chi connectivity index (χ4n) is 2.37. The predicted octanol–water partition coefficient (Wildman–Crippen LogP) is 2.36. The molecule has 0 heterocycles. The average Bonchev–Trinajstić information content (AvgIpc) is 2.66. The Kier molecular flexibility index (Phi) is 7.17. The first kappa shape index (κ1) is 21.4. The highest BCUT2D eigenvalue weighted by Gasteiger charge is 2.15. The van der Waals surface area contributed by atoms with Gasteiger partial charge in [-0.25, -0.2) is 8.42 Å². The number of hydrogen-bond donors (Lipinski definition) is 3. The summed E-state index contributed by atoms with van der Waals surface area (Å²) in [6, 6.07) is 10.9. The van der Waals surface area contributed by atoms with Gasteiger partial charge in [-0.1, -0.05) is 13.0 Å². The maximum Gasteiger partial charge on any atom is 0.261 e. The van der Waals surface area contributed by atoms with Crippen LogP contribution in [-0.4, -0.2) is 33.3 Å². The number of benzene rings is 2. The molecule has 28 heavy (non-hydrogen) atoms. The molecule has 0 aliphatic rings. The van der Waals surface area contributed by atoms with Crippen molar-refractivity contribution in [3.63, 3.8) is 0 Å². The van der Waals surface area contributed by atoms with Crippen molar-refractivity contribution >= 4 is 27.5 Å². The lowest BCUT2D eigenvalue weighted by Crippen LogP contribution is -2.37. The van der Waals surface area contributed by atoms with E-state index in [1.165, 1.54) is 24.3 Å². The highest BCUT2D eigenvalue weighted by Crippen LogP contribution is 2.19. The van der Waals surface area contributed by atoms with Crippen molar-refractivity contribution in [1.29, 1.82) is 0 Å². The second-order valence-electron chi connectivity index (χ2n) is 6.46. The van der Waals surface area contributed by atoms with Gasteiger partial charge in [0, 0.05) is 17.8 Å². The molecule has 0 spiro atoms.